The fraction of sp³-hybridized carbons (Fsp3) is 0.824. The molecule has 2 heterocycles. The maximum Gasteiger partial charge on any atom is 0.0897 e. The van der Waals surface area contributed by atoms with E-state index < -0.39 is 0 Å². The lowest BCUT2D eigenvalue weighted by Gasteiger charge is -2.53. The van der Waals surface area contributed by atoms with Gasteiger partial charge in [-0.15, -0.1) is 11.3 Å². The van der Waals surface area contributed by atoms with E-state index in [2.05, 4.69) is 36.4 Å². The number of thiazole rings is 1. The molecule has 4 heteroatoms. The largest absolute Gasteiger partial charge is 0.308 e. The van der Waals surface area contributed by atoms with E-state index in [0.717, 1.165) is 24.9 Å². The molecular formula is C17H27N3S. The monoisotopic (exact) mass is 305 g/mol. The molecule has 1 aliphatic heterocycles. The van der Waals surface area contributed by atoms with Crippen molar-refractivity contribution < 1.29 is 0 Å². The molecule has 2 saturated carbocycles. The number of nitrogens with zero attached hydrogens (tertiary/aromatic N) is 2. The van der Waals surface area contributed by atoms with Crippen LogP contribution in [0.1, 0.15) is 50.2 Å². The molecule has 0 radical (unpaired) electrons. The summed E-state index contributed by atoms with van der Waals surface area (Å²) < 4.78 is 0. The first-order valence-electron chi connectivity index (χ1n) is 8.41. The fourth-order valence-corrected chi connectivity index (χ4v) is 4.74. The van der Waals surface area contributed by atoms with Crippen LogP contribution in [0.2, 0.25) is 0 Å². The van der Waals surface area contributed by atoms with Crippen molar-refractivity contribution in [2.24, 2.45) is 11.8 Å². The minimum Gasteiger partial charge on any atom is -0.308 e. The van der Waals surface area contributed by atoms with E-state index in [1.54, 1.807) is 11.3 Å². The molecule has 21 heavy (non-hydrogen) atoms. The van der Waals surface area contributed by atoms with Crippen LogP contribution in [0.15, 0.2) is 5.38 Å². The normalized spacial score (nSPS) is 37.9. The van der Waals surface area contributed by atoms with E-state index in [0.29, 0.717) is 11.1 Å². The maximum atomic E-state index is 4.71. The van der Waals surface area contributed by atoms with Crippen molar-refractivity contribution in [3.05, 3.63) is 16.1 Å². The van der Waals surface area contributed by atoms with Gasteiger partial charge in [0.05, 0.1) is 10.7 Å². The molecule has 1 saturated heterocycles. The highest BCUT2D eigenvalue weighted by atomic mass is 32.1. The molecule has 2 atom stereocenters. The zero-order valence-electron chi connectivity index (χ0n) is 13.5. The van der Waals surface area contributed by atoms with E-state index in [1.165, 1.54) is 42.9 Å². The van der Waals surface area contributed by atoms with Crippen LogP contribution in [-0.2, 0) is 6.54 Å². The van der Waals surface area contributed by atoms with Gasteiger partial charge in [0.25, 0.3) is 0 Å². The van der Waals surface area contributed by atoms with Gasteiger partial charge >= 0.3 is 0 Å². The zero-order valence-corrected chi connectivity index (χ0v) is 14.3. The summed E-state index contributed by atoms with van der Waals surface area (Å²) in [4.78, 5) is 7.47. The molecule has 2 aliphatic carbocycles. The van der Waals surface area contributed by atoms with Gasteiger partial charge in [0.1, 0.15) is 0 Å². The minimum absolute atomic E-state index is 0.319. The standard InChI is InChI=1S/C17H27N3S/c1-12-19-15(9-21-12)8-20-11-16(2,13-4-5-13)18-10-17(20,3)14-6-7-14/h9,13-14,18H,4-8,10-11H2,1-3H3. The molecule has 3 fully saturated rings. The fourth-order valence-electron chi connectivity index (χ4n) is 4.14. The van der Waals surface area contributed by atoms with E-state index >= 15 is 0 Å². The van der Waals surface area contributed by atoms with Gasteiger partial charge in [-0.1, -0.05) is 0 Å². The molecule has 0 aromatic carbocycles. The number of hydrogen-bond donors (Lipinski definition) is 1. The molecule has 0 spiro atoms. The quantitative estimate of drug-likeness (QED) is 0.926. The van der Waals surface area contributed by atoms with Gasteiger partial charge in [-0.2, -0.15) is 0 Å². The molecule has 0 amide bonds. The predicted octanol–water partition coefficient (Wildman–Crippen LogP) is 3.19. The van der Waals surface area contributed by atoms with Crippen LogP contribution in [0.5, 0.6) is 0 Å². The first-order valence-corrected chi connectivity index (χ1v) is 9.29. The maximum absolute atomic E-state index is 4.71. The molecular weight excluding hydrogens is 278 g/mol. The molecule has 1 N–H and O–H groups in total. The number of aryl methyl sites for hydroxylation is 1. The summed E-state index contributed by atoms with van der Waals surface area (Å²) in [5, 5.41) is 7.37. The van der Waals surface area contributed by atoms with Crippen molar-refractivity contribution in [3.63, 3.8) is 0 Å². The summed E-state index contributed by atoms with van der Waals surface area (Å²) in [5.41, 5.74) is 1.91. The van der Waals surface area contributed by atoms with Gasteiger partial charge in [0, 0.05) is 36.1 Å². The summed E-state index contributed by atoms with van der Waals surface area (Å²) in [6.45, 7) is 10.4. The third-order valence-electron chi connectivity index (χ3n) is 6.05. The predicted molar refractivity (Wildman–Crippen MR) is 87.5 cm³/mol. The van der Waals surface area contributed by atoms with Crippen molar-refractivity contribution in [2.75, 3.05) is 13.1 Å². The van der Waals surface area contributed by atoms with Crippen LogP contribution < -0.4 is 5.32 Å². The topological polar surface area (TPSA) is 28.2 Å². The van der Waals surface area contributed by atoms with Crippen LogP contribution in [-0.4, -0.2) is 34.1 Å². The third kappa shape index (κ3) is 2.55. The summed E-state index contributed by atoms with van der Waals surface area (Å²) in [6, 6.07) is 0. The number of aromatic nitrogens is 1. The molecule has 116 valence electrons. The Balaban J connectivity index is 1.57. The number of piperazine rings is 1. The van der Waals surface area contributed by atoms with Crippen molar-refractivity contribution in [3.8, 4) is 0 Å². The van der Waals surface area contributed by atoms with Crippen molar-refractivity contribution in [1.82, 2.24) is 15.2 Å². The van der Waals surface area contributed by atoms with Crippen LogP contribution >= 0.6 is 11.3 Å². The Hall–Kier alpha value is -0.450. The lowest BCUT2D eigenvalue weighted by atomic mass is 9.83. The lowest BCUT2D eigenvalue weighted by Crippen LogP contribution is -2.69. The highest BCUT2D eigenvalue weighted by molar-refractivity contribution is 7.09. The van der Waals surface area contributed by atoms with Crippen molar-refractivity contribution in [2.45, 2.75) is 64.1 Å². The highest BCUT2D eigenvalue weighted by Crippen LogP contribution is 2.48. The third-order valence-corrected chi connectivity index (χ3v) is 6.87. The summed E-state index contributed by atoms with van der Waals surface area (Å²) in [5.74, 6) is 1.77. The van der Waals surface area contributed by atoms with Crippen molar-refractivity contribution >= 4 is 11.3 Å². The Bertz CT molecular complexity index is 534. The van der Waals surface area contributed by atoms with Gasteiger partial charge in [-0.3, -0.25) is 4.90 Å². The Morgan fingerprint density at radius 2 is 2.00 bits per heavy atom. The molecule has 1 aromatic rings. The number of rotatable bonds is 4. The van der Waals surface area contributed by atoms with Crippen LogP contribution in [0.4, 0.5) is 0 Å². The van der Waals surface area contributed by atoms with Gasteiger partial charge < -0.3 is 5.32 Å². The lowest BCUT2D eigenvalue weighted by molar-refractivity contribution is -0.00778. The average Bonchev–Trinajstić information content (AvgIpc) is 3.33. The summed E-state index contributed by atoms with van der Waals surface area (Å²) in [7, 11) is 0. The second kappa shape index (κ2) is 4.77. The molecule has 1 aromatic heterocycles. The summed E-state index contributed by atoms with van der Waals surface area (Å²) in [6.07, 6.45) is 5.64. The first-order chi connectivity index (χ1) is 9.99. The average molecular weight is 305 g/mol. The van der Waals surface area contributed by atoms with Crippen LogP contribution in [0.25, 0.3) is 0 Å². The van der Waals surface area contributed by atoms with Crippen molar-refractivity contribution in [1.29, 1.82) is 0 Å². The Labute approximate surface area is 132 Å². The highest BCUT2D eigenvalue weighted by Gasteiger charge is 2.54. The van der Waals surface area contributed by atoms with E-state index in [9.17, 15) is 0 Å². The Morgan fingerprint density at radius 3 is 2.57 bits per heavy atom. The SMILES string of the molecule is Cc1nc(CN2CC(C)(C3CC3)NCC2(C)C2CC2)cs1. The van der Waals surface area contributed by atoms with E-state index in [-0.39, 0.29) is 0 Å². The number of nitrogens with one attached hydrogen (secondary N) is 1. The molecule has 4 rings (SSSR count). The summed E-state index contributed by atoms with van der Waals surface area (Å²) >= 11 is 1.78. The zero-order chi connectivity index (χ0) is 14.7. The second-order valence-electron chi connectivity index (χ2n) is 7.89. The molecule has 3 aliphatic rings. The van der Waals surface area contributed by atoms with E-state index in [4.69, 9.17) is 4.98 Å². The van der Waals surface area contributed by atoms with Crippen LogP contribution in [0.3, 0.4) is 0 Å². The molecule has 3 nitrogen and oxygen atoms in total. The molecule has 0 bridgehead atoms. The Kier molecular flexibility index (Phi) is 3.22. The minimum atomic E-state index is 0.319. The van der Waals surface area contributed by atoms with Crippen LogP contribution in [0, 0.1) is 18.8 Å². The smallest absolute Gasteiger partial charge is 0.0897 e. The van der Waals surface area contributed by atoms with E-state index in [1.807, 2.05) is 0 Å². The van der Waals surface area contributed by atoms with Gasteiger partial charge in [-0.05, 0) is 58.3 Å². The Morgan fingerprint density at radius 1 is 1.29 bits per heavy atom. The number of hydrogen-bond acceptors (Lipinski definition) is 4. The van der Waals surface area contributed by atoms with Gasteiger partial charge in [0.15, 0.2) is 0 Å². The van der Waals surface area contributed by atoms with Gasteiger partial charge in [-0.25, -0.2) is 4.98 Å². The molecule has 2 unspecified atom stereocenters. The second-order valence-corrected chi connectivity index (χ2v) is 8.95. The van der Waals surface area contributed by atoms with Gasteiger partial charge in [0.2, 0.25) is 0 Å². The first kappa shape index (κ1) is 14.2.